The summed E-state index contributed by atoms with van der Waals surface area (Å²) in [6.07, 6.45) is 0. The summed E-state index contributed by atoms with van der Waals surface area (Å²) in [4.78, 5) is -0.138. The molecular formula is C13H9Cl3FNO2S. The molecule has 2 aromatic carbocycles. The minimum atomic E-state index is -3.91. The smallest absolute Gasteiger partial charge is 0.207 e. The highest BCUT2D eigenvalue weighted by molar-refractivity contribution is 7.89. The summed E-state index contributed by atoms with van der Waals surface area (Å²) in [5.41, 5.74) is 0.0628. The molecule has 3 nitrogen and oxygen atoms in total. The average molecular weight is 369 g/mol. The van der Waals surface area contributed by atoms with Crippen LogP contribution < -0.4 is 4.72 Å². The molecule has 0 amide bonds. The van der Waals surface area contributed by atoms with Crippen LogP contribution >= 0.6 is 34.8 Å². The van der Waals surface area contributed by atoms with Crippen LogP contribution in [0.3, 0.4) is 0 Å². The maximum absolute atomic E-state index is 13.6. The summed E-state index contributed by atoms with van der Waals surface area (Å²) in [6, 6.07) is 8.10. The Kier molecular flexibility index (Phi) is 5.11. The summed E-state index contributed by atoms with van der Waals surface area (Å²) >= 11 is 17.4. The van der Waals surface area contributed by atoms with Gasteiger partial charge in [0.15, 0.2) is 0 Å². The lowest BCUT2D eigenvalue weighted by Crippen LogP contribution is -2.24. The zero-order chi connectivity index (χ0) is 15.6. The predicted molar refractivity (Wildman–Crippen MR) is 81.9 cm³/mol. The first-order chi connectivity index (χ1) is 9.81. The summed E-state index contributed by atoms with van der Waals surface area (Å²) in [5.74, 6) is -0.590. The van der Waals surface area contributed by atoms with Crippen molar-refractivity contribution in [2.45, 2.75) is 11.4 Å². The first kappa shape index (κ1) is 16.5. The van der Waals surface area contributed by atoms with Crippen molar-refractivity contribution >= 4 is 44.8 Å². The Bertz CT molecular complexity index is 761. The fourth-order valence-electron chi connectivity index (χ4n) is 1.64. The van der Waals surface area contributed by atoms with E-state index >= 15 is 0 Å². The van der Waals surface area contributed by atoms with Crippen molar-refractivity contribution in [1.82, 2.24) is 4.72 Å². The Labute approximate surface area is 136 Å². The van der Waals surface area contributed by atoms with Crippen LogP contribution in [-0.4, -0.2) is 8.42 Å². The number of halogens is 4. The van der Waals surface area contributed by atoms with Gasteiger partial charge in [-0.15, -0.1) is 0 Å². The normalized spacial score (nSPS) is 11.6. The van der Waals surface area contributed by atoms with Gasteiger partial charge in [0.25, 0.3) is 0 Å². The predicted octanol–water partition coefficient (Wildman–Crippen LogP) is 4.26. The van der Waals surface area contributed by atoms with E-state index in [-0.39, 0.29) is 27.0 Å². The maximum Gasteiger partial charge on any atom is 0.242 e. The second-order valence-corrected chi connectivity index (χ2v) is 7.09. The molecule has 0 aliphatic rings. The van der Waals surface area contributed by atoms with Crippen molar-refractivity contribution in [3.63, 3.8) is 0 Å². The summed E-state index contributed by atoms with van der Waals surface area (Å²) in [6.45, 7) is -0.285. The maximum atomic E-state index is 13.6. The summed E-state index contributed by atoms with van der Waals surface area (Å²) < 4.78 is 40.2. The van der Waals surface area contributed by atoms with Gasteiger partial charge in [0.2, 0.25) is 10.0 Å². The molecule has 0 atom stereocenters. The highest BCUT2D eigenvalue weighted by Gasteiger charge is 2.19. The molecule has 0 unspecified atom stereocenters. The molecule has 0 spiro atoms. The lowest BCUT2D eigenvalue weighted by atomic mass is 10.2. The zero-order valence-corrected chi connectivity index (χ0v) is 13.5. The lowest BCUT2D eigenvalue weighted by Gasteiger charge is -2.10. The average Bonchev–Trinajstić information content (AvgIpc) is 2.37. The quantitative estimate of drug-likeness (QED) is 0.876. The third-order valence-corrected chi connectivity index (χ3v) is 5.16. The van der Waals surface area contributed by atoms with Crippen molar-refractivity contribution in [3.05, 3.63) is 62.8 Å². The highest BCUT2D eigenvalue weighted by atomic mass is 35.5. The fraction of sp³-hybridized carbons (Fsp3) is 0.0769. The Balaban J connectivity index is 2.26. The van der Waals surface area contributed by atoms with Crippen LogP contribution in [0.1, 0.15) is 5.56 Å². The van der Waals surface area contributed by atoms with Crippen LogP contribution in [0.15, 0.2) is 41.3 Å². The summed E-state index contributed by atoms with van der Waals surface area (Å²) in [5, 5.41) is 0.436. The van der Waals surface area contributed by atoms with E-state index in [1.54, 1.807) is 0 Å². The molecule has 0 saturated heterocycles. The molecular weight excluding hydrogens is 360 g/mol. The summed E-state index contributed by atoms with van der Waals surface area (Å²) in [7, 11) is -3.91. The molecule has 112 valence electrons. The minimum absolute atomic E-state index is 0.0189. The molecule has 0 saturated carbocycles. The highest BCUT2D eigenvalue weighted by Crippen LogP contribution is 2.25. The Morgan fingerprint density at radius 1 is 1.05 bits per heavy atom. The van der Waals surface area contributed by atoms with E-state index in [2.05, 4.69) is 4.72 Å². The second-order valence-electron chi connectivity index (χ2n) is 4.10. The van der Waals surface area contributed by atoms with Gasteiger partial charge in [-0.3, -0.25) is 0 Å². The number of hydrogen-bond acceptors (Lipinski definition) is 2. The molecule has 21 heavy (non-hydrogen) atoms. The molecule has 0 fully saturated rings. The fourth-order valence-corrected chi connectivity index (χ4v) is 3.64. The van der Waals surface area contributed by atoms with Crippen LogP contribution in [0.4, 0.5) is 4.39 Å². The molecule has 1 N–H and O–H groups in total. The van der Waals surface area contributed by atoms with E-state index in [1.165, 1.54) is 36.4 Å². The number of benzene rings is 2. The van der Waals surface area contributed by atoms with Crippen LogP contribution in [0.5, 0.6) is 0 Å². The van der Waals surface area contributed by atoms with Gasteiger partial charge in [0.05, 0.1) is 5.02 Å². The molecule has 0 aliphatic carbocycles. The van der Waals surface area contributed by atoms with Gasteiger partial charge < -0.3 is 0 Å². The molecule has 0 heterocycles. The van der Waals surface area contributed by atoms with Crippen molar-refractivity contribution in [2.24, 2.45) is 0 Å². The van der Waals surface area contributed by atoms with Gasteiger partial charge in [-0.1, -0.05) is 40.9 Å². The molecule has 2 aromatic rings. The SMILES string of the molecule is O=S(=O)(NCc1c(F)cccc1Cl)c1ccc(Cl)cc1Cl. The van der Waals surface area contributed by atoms with E-state index in [0.29, 0.717) is 5.02 Å². The van der Waals surface area contributed by atoms with E-state index in [9.17, 15) is 12.8 Å². The van der Waals surface area contributed by atoms with Gasteiger partial charge >= 0.3 is 0 Å². The second kappa shape index (κ2) is 6.50. The molecule has 0 bridgehead atoms. The van der Waals surface area contributed by atoms with Crippen molar-refractivity contribution in [2.75, 3.05) is 0 Å². The zero-order valence-electron chi connectivity index (χ0n) is 10.4. The van der Waals surface area contributed by atoms with E-state index < -0.39 is 15.8 Å². The topological polar surface area (TPSA) is 46.2 Å². The molecule has 8 heteroatoms. The van der Waals surface area contributed by atoms with Gasteiger partial charge in [-0.05, 0) is 30.3 Å². The number of nitrogens with one attached hydrogen (secondary N) is 1. The van der Waals surface area contributed by atoms with Crippen LogP contribution in [-0.2, 0) is 16.6 Å². The number of hydrogen-bond donors (Lipinski definition) is 1. The third kappa shape index (κ3) is 3.87. The largest absolute Gasteiger partial charge is 0.242 e. The van der Waals surface area contributed by atoms with E-state index in [1.807, 2.05) is 0 Å². The van der Waals surface area contributed by atoms with Crippen LogP contribution in [0, 0.1) is 5.82 Å². The van der Waals surface area contributed by atoms with Gasteiger partial charge in [0, 0.05) is 22.2 Å². The van der Waals surface area contributed by atoms with Crippen molar-refractivity contribution in [3.8, 4) is 0 Å². The standard InChI is InChI=1S/C13H9Cl3FNO2S/c14-8-4-5-13(11(16)6-8)21(19,20)18-7-9-10(15)2-1-3-12(9)17/h1-6,18H,7H2. The molecule has 2 rings (SSSR count). The lowest BCUT2D eigenvalue weighted by molar-refractivity contribution is 0.574. The van der Waals surface area contributed by atoms with Crippen molar-refractivity contribution < 1.29 is 12.8 Å². The van der Waals surface area contributed by atoms with Gasteiger partial charge in [-0.25, -0.2) is 17.5 Å². The van der Waals surface area contributed by atoms with E-state index in [0.717, 1.165) is 0 Å². The molecule has 0 aliphatic heterocycles. The molecule has 0 aromatic heterocycles. The van der Waals surface area contributed by atoms with Crippen LogP contribution in [0.25, 0.3) is 0 Å². The van der Waals surface area contributed by atoms with Crippen LogP contribution in [0.2, 0.25) is 15.1 Å². The third-order valence-electron chi connectivity index (χ3n) is 2.68. The monoisotopic (exact) mass is 367 g/mol. The van der Waals surface area contributed by atoms with Gasteiger partial charge in [0.1, 0.15) is 10.7 Å². The minimum Gasteiger partial charge on any atom is -0.207 e. The number of sulfonamides is 1. The first-order valence-electron chi connectivity index (χ1n) is 5.69. The Morgan fingerprint density at radius 2 is 1.76 bits per heavy atom. The molecule has 0 radical (unpaired) electrons. The van der Waals surface area contributed by atoms with E-state index in [4.69, 9.17) is 34.8 Å². The Hall–Kier alpha value is -0.850. The number of rotatable bonds is 4. The Morgan fingerprint density at radius 3 is 2.38 bits per heavy atom. The van der Waals surface area contributed by atoms with Crippen molar-refractivity contribution in [1.29, 1.82) is 0 Å². The first-order valence-corrected chi connectivity index (χ1v) is 8.30. The van der Waals surface area contributed by atoms with Gasteiger partial charge in [-0.2, -0.15) is 0 Å².